The Labute approximate surface area is 126 Å². The maximum atomic E-state index is 5.50. The van der Waals surface area contributed by atoms with E-state index in [-0.39, 0.29) is 11.0 Å². The van der Waals surface area contributed by atoms with E-state index in [0.717, 1.165) is 12.2 Å². The first-order valence-corrected chi connectivity index (χ1v) is 7.55. The topological polar surface area (TPSA) is 21.3 Å². The molecule has 2 atom stereocenters. The molecule has 1 aliphatic heterocycles. The van der Waals surface area contributed by atoms with Crippen LogP contribution in [0, 0.1) is 6.92 Å². The molecule has 0 saturated heterocycles. The van der Waals surface area contributed by atoms with Gasteiger partial charge in [-0.15, -0.1) is 0 Å². The van der Waals surface area contributed by atoms with E-state index >= 15 is 0 Å². The van der Waals surface area contributed by atoms with Crippen molar-refractivity contribution in [3.63, 3.8) is 0 Å². The number of hydrogen-bond donors (Lipinski definition) is 1. The Morgan fingerprint density at radius 1 is 1.10 bits per heavy atom. The van der Waals surface area contributed by atoms with Gasteiger partial charge in [-0.05, 0) is 54.7 Å². The number of ether oxygens (including phenoxy) is 1. The predicted molar refractivity (Wildman–Crippen MR) is 86.2 cm³/mol. The Morgan fingerprint density at radius 3 is 2.62 bits per heavy atom. The van der Waals surface area contributed by atoms with E-state index in [4.69, 9.17) is 4.74 Å². The standard InChI is InChI=1S/C19H21NO/c1-12-9-14(21-4)10-16-17(12)20-19(3)15-8-6-5-7-13(15)11-18(16,19)2/h5-10,20H,11H2,1-4H3/t18-,19-/m1/s1. The van der Waals surface area contributed by atoms with E-state index in [1.807, 2.05) is 0 Å². The molecule has 4 rings (SSSR count). The van der Waals surface area contributed by atoms with E-state index in [0.29, 0.717) is 0 Å². The van der Waals surface area contributed by atoms with Gasteiger partial charge in [0.15, 0.2) is 0 Å². The van der Waals surface area contributed by atoms with Crippen LogP contribution in [0.2, 0.25) is 0 Å². The third-order valence-electron chi connectivity index (χ3n) is 5.72. The van der Waals surface area contributed by atoms with Gasteiger partial charge in [0.1, 0.15) is 5.75 Å². The molecule has 108 valence electrons. The van der Waals surface area contributed by atoms with Gasteiger partial charge in [0, 0.05) is 11.1 Å². The molecular formula is C19H21NO. The fraction of sp³-hybridized carbons (Fsp3) is 0.368. The van der Waals surface area contributed by atoms with E-state index in [1.54, 1.807) is 7.11 Å². The molecule has 0 bridgehead atoms. The van der Waals surface area contributed by atoms with E-state index in [1.165, 1.54) is 27.9 Å². The Morgan fingerprint density at radius 2 is 1.86 bits per heavy atom. The molecule has 0 spiro atoms. The third-order valence-corrected chi connectivity index (χ3v) is 5.72. The van der Waals surface area contributed by atoms with Gasteiger partial charge in [-0.1, -0.05) is 31.2 Å². The van der Waals surface area contributed by atoms with Crippen LogP contribution < -0.4 is 10.1 Å². The van der Waals surface area contributed by atoms with Crippen LogP contribution >= 0.6 is 0 Å². The molecule has 0 fully saturated rings. The molecule has 2 heteroatoms. The monoisotopic (exact) mass is 279 g/mol. The van der Waals surface area contributed by atoms with Crippen LogP contribution in [0.25, 0.3) is 0 Å². The second kappa shape index (κ2) is 3.82. The van der Waals surface area contributed by atoms with Crippen LogP contribution in [-0.2, 0) is 17.4 Å². The molecule has 0 unspecified atom stereocenters. The van der Waals surface area contributed by atoms with Crippen molar-refractivity contribution < 1.29 is 4.74 Å². The van der Waals surface area contributed by atoms with Crippen LogP contribution in [0.5, 0.6) is 5.75 Å². The summed E-state index contributed by atoms with van der Waals surface area (Å²) in [6, 6.07) is 13.2. The second-order valence-corrected chi connectivity index (χ2v) is 6.78. The number of benzene rings is 2. The molecule has 21 heavy (non-hydrogen) atoms. The maximum Gasteiger partial charge on any atom is 0.119 e. The van der Waals surface area contributed by atoms with Crippen LogP contribution in [0.3, 0.4) is 0 Å². The summed E-state index contributed by atoms with van der Waals surface area (Å²) in [6.45, 7) is 6.88. The van der Waals surface area contributed by atoms with E-state index in [9.17, 15) is 0 Å². The van der Waals surface area contributed by atoms with Crippen molar-refractivity contribution in [1.82, 2.24) is 0 Å². The van der Waals surface area contributed by atoms with Crippen molar-refractivity contribution in [1.29, 1.82) is 0 Å². The summed E-state index contributed by atoms with van der Waals surface area (Å²) in [4.78, 5) is 0. The van der Waals surface area contributed by atoms with Crippen molar-refractivity contribution in [2.45, 2.75) is 38.1 Å². The zero-order valence-electron chi connectivity index (χ0n) is 13.1. The summed E-state index contributed by atoms with van der Waals surface area (Å²) < 4.78 is 5.50. The van der Waals surface area contributed by atoms with Crippen LogP contribution in [0.15, 0.2) is 36.4 Å². The average Bonchev–Trinajstić information content (AvgIpc) is 2.83. The molecule has 0 radical (unpaired) electrons. The lowest BCUT2D eigenvalue weighted by Gasteiger charge is -2.36. The summed E-state index contributed by atoms with van der Waals surface area (Å²) in [5.74, 6) is 0.953. The SMILES string of the molecule is COc1cc(C)c2c(c1)[C@@]1(C)Cc3ccccc3[C@@]1(C)N2. The fourth-order valence-corrected chi connectivity index (χ4v) is 4.31. The Kier molecular flexibility index (Phi) is 2.32. The first-order chi connectivity index (χ1) is 9.99. The molecular weight excluding hydrogens is 258 g/mol. The minimum atomic E-state index is -0.0386. The molecule has 1 heterocycles. The van der Waals surface area contributed by atoms with Crippen molar-refractivity contribution in [2.75, 3.05) is 12.4 Å². The van der Waals surface area contributed by atoms with E-state index < -0.39 is 0 Å². The van der Waals surface area contributed by atoms with Crippen LogP contribution in [0.4, 0.5) is 5.69 Å². The van der Waals surface area contributed by atoms with Gasteiger partial charge in [-0.25, -0.2) is 0 Å². The summed E-state index contributed by atoms with van der Waals surface area (Å²) >= 11 is 0. The summed E-state index contributed by atoms with van der Waals surface area (Å²) in [7, 11) is 1.74. The highest BCUT2D eigenvalue weighted by atomic mass is 16.5. The van der Waals surface area contributed by atoms with Gasteiger partial charge in [-0.3, -0.25) is 0 Å². The molecule has 0 amide bonds. The molecule has 0 saturated carbocycles. The number of methoxy groups -OCH3 is 1. The highest BCUT2D eigenvalue weighted by molar-refractivity contribution is 5.73. The van der Waals surface area contributed by atoms with Crippen molar-refractivity contribution >= 4 is 5.69 Å². The number of hydrogen-bond acceptors (Lipinski definition) is 2. The minimum Gasteiger partial charge on any atom is -0.497 e. The first kappa shape index (κ1) is 12.8. The maximum absolute atomic E-state index is 5.50. The lowest BCUT2D eigenvalue weighted by atomic mass is 9.71. The molecule has 0 aromatic heterocycles. The zero-order valence-corrected chi connectivity index (χ0v) is 13.1. The highest BCUT2D eigenvalue weighted by Crippen LogP contribution is 2.60. The van der Waals surface area contributed by atoms with Gasteiger partial charge < -0.3 is 10.1 Å². The van der Waals surface area contributed by atoms with Crippen LogP contribution in [-0.4, -0.2) is 7.11 Å². The third kappa shape index (κ3) is 1.38. The van der Waals surface area contributed by atoms with Crippen LogP contribution in [0.1, 0.15) is 36.1 Å². The minimum absolute atomic E-state index is 0.0386. The summed E-state index contributed by atoms with van der Waals surface area (Å²) in [5, 5.41) is 3.83. The van der Waals surface area contributed by atoms with Gasteiger partial charge in [0.25, 0.3) is 0 Å². The molecule has 1 aliphatic carbocycles. The predicted octanol–water partition coefficient (Wildman–Crippen LogP) is 4.16. The molecule has 2 nitrogen and oxygen atoms in total. The molecule has 2 aliphatic rings. The number of fused-ring (bicyclic) bond motifs is 5. The summed E-state index contributed by atoms with van der Waals surface area (Å²) in [5.41, 5.74) is 6.86. The molecule has 2 aromatic carbocycles. The van der Waals surface area contributed by atoms with Gasteiger partial charge in [0.05, 0.1) is 12.6 Å². The highest BCUT2D eigenvalue weighted by Gasteiger charge is 2.58. The molecule has 1 N–H and O–H groups in total. The van der Waals surface area contributed by atoms with Gasteiger partial charge in [-0.2, -0.15) is 0 Å². The fourth-order valence-electron chi connectivity index (χ4n) is 4.31. The first-order valence-electron chi connectivity index (χ1n) is 7.55. The smallest absolute Gasteiger partial charge is 0.119 e. The number of aryl methyl sites for hydroxylation is 1. The number of nitrogens with one attached hydrogen (secondary N) is 1. The quantitative estimate of drug-likeness (QED) is 0.846. The van der Waals surface area contributed by atoms with E-state index in [2.05, 4.69) is 62.5 Å². The number of rotatable bonds is 1. The lowest BCUT2D eigenvalue weighted by molar-refractivity contribution is 0.339. The largest absolute Gasteiger partial charge is 0.497 e. The van der Waals surface area contributed by atoms with Crippen molar-refractivity contribution in [3.05, 3.63) is 58.7 Å². The lowest BCUT2D eigenvalue weighted by Crippen LogP contribution is -2.42. The zero-order chi connectivity index (χ0) is 14.8. The number of anilines is 1. The summed E-state index contributed by atoms with van der Waals surface area (Å²) in [6.07, 6.45) is 1.08. The average molecular weight is 279 g/mol. The Hall–Kier alpha value is -1.96. The van der Waals surface area contributed by atoms with Gasteiger partial charge in [0.2, 0.25) is 0 Å². The Balaban J connectivity index is 1.98. The van der Waals surface area contributed by atoms with Gasteiger partial charge >= 0.3 is 0 Å². The second-order valence-electron chi connectivity index (χ2n) is 6.78. The molecule has 2 aromatic rings. The van der Waals surface area contributed by atoms with Crippen molar-refractivity contribution in [2.24, 2.45) is 0 Å². The van der Waals surface area contributed by atoms with Crippen molar-refractivity contribution in [3.8, 4) is 5.75 Å². The Bertz CT molecular complexity index is 751. The normalized spacial score (nSPS) is 28.6.